The lowest BCUT2D eigenvalue weighted by Gasteiger charge is -2.27. The fraction of sp³-hybridized carbons (Fsp3) is 0.412. The quantitative estimate of drug-likeness (QED) is 0.450. The van der Waals surface area contributed by atoms with Gasteiger partial charge in [0.2, 0.25) is 0 Å². The Kier molecular flexibility index (Phi) is 6.59. The van der Waals surface area contributed by atoms with Gasteiger partial charge < -0.3 is 15.2 Å². The number of aryl methyl sites for hydroxylation is 1. The second-order valence-electron chi connectivity index (χ2n) is 5.85. The summed E-state index contributed by atoms with van der Waals surface area (Å²) in [6.07, 6.45) is 6.98. The summed E-state index contributed by atoms with van der Waals surface area (Å²) in [5.74, 6) is 1.03. The first-order valence-corrected chi connectivity index (χ1v) is 7.99. The number of guanidine groups is 1. The Morgan fingerprint density at radius 3 is 2.67 bits per heavy atom. The molecule has 7 heteroatoms. The van der Waals surface area contributed by atoms with E-state index in [9.17, 15) is 4.39 Å². The number of likely N-dealkylation sites (tertiary alicyclic amines) is 1. The lowest BCUT2D eigenvalue weighted by molar-refractivity contribution is 0.338. The molecular formula is C17H23FIN5. The molecule has 24 heavy (non-hydrogen) atoms. The van der Waals surface area contributed by atoms with Crippen LogP contribution in [-0.4, -0.2) is 33.5 Å². The number of benzene rings is 1. The highest BCUT2D eigenvalue weighted by atomic mass is 127. The molecule has 0 aliphatic carbocycles. The Balaban J connectivity index is 0.00000208. The van der Waals surface area contributed by atoms with Crippen molar-refractivity contribution in [1.82, 2.24) is 14.5 Å². The van der Waals surface area contributed by atoms with Gasteiger partial charge in [0.05, 0.1) is 12.2 Å². The third-order valence-corrected chi connectivity index (χ3v) is 4.20. The predicted molar refractivity (Wildman–Crippen MR) is 104 cm³/mol. The number of halogens is 2. The van der Waals surface area contributed by atoms with E-state index in [-0.39, 0.29) is 29.8 Å². The Morgan fingerprint density at radius 1 is 1.29 bits per heavy atom. The van der Waals surface area contributed by atoms with Gasteiger partial charge in [-0.3, -0.25) is 0 Å². The van der Waals surface area contributed by atoms with Crippen LogP contribution in [0.25, 0.3) is 5.69 Å². The molecule has 1 aliphatic rings. The van der Waals surface area contributed by atoms with Gasteiger partial charge in [-0.15, -0.1) is 24.0 Å². The Morgan fingerprint density at radius 2 is 2.04 bits per heavy atom. The maximum atomic E-state index is 14.3. The van der Waals surface area contributed by atoms with E-state index >= 15 is 0 Å². The van der Waals surface area contributed by atoms with Crippen LogP contribution in [0.5, 0.6) is 0 Å². The average Bonchev–Trinajstić information content (AvgIpc) is 2.99. The normalized spacial score (nSPS) is 15.2. The summed E-state index contributed by atoms with van der Waals surface area (Å²) >= 11 is 0. The summed E-state index contributed by atoms with van der Waals surface area (Å²) in [6.45, 7) is 4.16. The maximum Gasteiger partial charge on any atom is 0.191 e. The molecule has 1 fully saturated rings. The predicted octanol–water partition coefficient (Wildman–Crippen LogP) is 3.24. The van der Waals surface area contributed by atoms with Gasteiger partial charge in [0.15, 0.2) is 5.96 Å². The molecule has 1 aromatic heterocycles. The molecule has 2 heterocycles. The first-order chi connectivity index (χ1) is 11.1. The second kappa shape index (κ2) is 8.46. The van der Waals surface area contributed by atoms with Crippen LogP contribution < -0.4 is 5.73 Å². The van der Waals surface area contributed by atoms with Crippen LogP contribution in [0.3, 0.4) is 0 Å². The SMILES string of the molecule is Cc1nccn1-c1ccc(CN=C(N)N2CCCCC2)cc1F.I. The Hall–Kier alpha value is -1.64. The molecule has 1 saturated heterocycles. The topological polar surface area (TPSA) is 59.4 Å². The third-order valence-electron chi connectivity index (χ3n) is 4.20. The van der Waals surface area contributed by atoms with Crippen molar-refractivity contribution in [2.75, 3.05) is 13.1 Å². The van der Waals surface area contributed by atoms with E-state index in [2.05, 4.69) is 14.9 Å². The van der Waals surface area contributed by atoms with Crippen molar-refractivity contribution in [3.05, 3.63) is 47.8 Å². The van der Waals surface area contributed by atoms with Crippen molar-refractivity contribution in [3.63, 3.8) is 0 Å². The zero-order valence-electron chi connectivity index (χ0n) is 13.8. The largest absolute Gasteiger partial charge is 0.370 e. The van der Waals surface area contributed by atoms with E-state index in [4.69, 9.17) is 5.73 Å². The molecule has 0 unspecified atom stereocenters. The molecule has 5 nitrogen and oxygen atoms in total. The van der Waals surface area contributed by atoms with Gasteiger partial charge in [0.1, 0.15) is 11.6 Å². The van der Waals surface area contributed by atoms with E-state index in [1.807, 2.05) is 13.0 Å². The van der Waals surface area contributed by atoms with Gasteiger partial charge in [-0.05, 0) is 43.9 Å². The molecule has 130 valence electrons. The van der Waals surface area contributed by atoms with Crippen LogP contribution in [0.2, 0.25) is 0 Å². The smallest absolute Gasteiger partial charge is 0.191 e. The summed E-state index contributed by atoms with van der Waals surface area (Å²) in [7, 11) is 0. The highest BCUT2D eigenvalue weighted by Gasteiger charge is 2.12. The number of nitrogens with two attached hydrogens (primary N) is 1. The van der Waals surface area contributed by atoms with Gasteiger partial charge in [-0.1, -0.05) is 6.07 Å². The molecule has 2 N–H and O–H groups in total. The molecule has 0 atom stereocenters. The van der Waals surface area contributed by atoms with Gasteiger partial charge in [0.25, 0.3) is 0 Å². The zero-order chi connectivity index (χ0) is 16.2. The summed E-state index contributed by atoms with van der Waals surface area (Å²) < 4.78 is 16.1. The van der Waals surface area contributed by atoms with Crippen molar-refractivity contribution < 1.29 is 4.39 Å². The minimum absolute atomic E-state index is 0. The summed E-state index contributed by atoms with van der Waals surface area (Å²) in [4.78, 5) is 10.6. The molecular weight excluding hydrogens is 420 g/mol. The van der Waals surface area contributed by atoms with E-state index in [1.54, 1.807) is 23.0 Å². The Labute approximate surface area is 158 Å². The zero-order valence-corrected chi connectivity index (χ0v) is 16.1. The summed E-state index contributed by atoms with van der Waals surface area (Å²) in [6, 6.07) is 5.15. The number of aromatic nitrogens is 2. The monoisotopic (exact) mass is 443 g/mol. The number of nitrogens with zero attached hydrogens (tertiary/aromatic N) is 4. The molecule has 1 aliphatic heterocycles. The second-order valence-corrected chi connectivity index (χ2v) is 5.85. The van der Waals surface area contributed by atoms with Gasteiger partial charge in [0, 0.05) is 25.5 Å². The molecule has 0 amide bonds. The molecule has 2 aromatic rings. The molecule has 0 radical (unpaired) electrons. The number of hydrogen-bond donors (Lipinski definition) is 1. The van der Waals surface area contributed by atoms with E-state index in [1.165, 1.54) is 12.5 Å². The lowest BCUT2D eigenvalue weighted by atomic mass is 10.1. The molecule has 0 saturated carbocycles. The van der Waals surface area contributed by atoms with Gasteiger partial charge in [-0.2, -0.15) is 0 Å². The number of piperidine rings is 1. The number of rotatable bonds is 3. The first kappa shape index (κ1) is 18.7. The molecule has 1 aromatic carbocycles. The highest BCUT2D eigenvalue weighted by Crippen LogP contribution is 2.17. The number of imidazole rings is 1. The van der Waals surface area contributed by atoms with Crippen molar-refractivity contribution in [1.29, 1.82) is 0 Å². The highest BCUT2D eigenvalue weighted by molar-refractivity contribution is 14.0. The van der Waals surface area contributed by atoms with E-state index in [0.717, 1.165) is 37.3 Å². The van der Waals surface area contributed by atoms with Crippen LogP contribution in [0.15, 0.2) is 35.6 Å². The minimum Gasteiger partial charge on any atom is -0.370 e. The summed E-state index contributed by atoms with van der Waals surface area (Å²) in [5, 5.41) is 0. The van der Waals surface area contributed by atoms with Crippen LogP contribution in [0.4, 0.5) is 4.39 Å². The molecule has 0 bridgehead atoms. The van der Waals surface area contributed by atoms with E-state index in [0.29, 0.717) is 18.2 Å². The summed E-state index contributed by atoms with van der Waals surface area (Å²) in [5.41, 5.74) is 7.34. The van der Waals surface area contributed by atoms with Crippen LogP contribution >= 0.6 is 24.0 Å². The number of aliphatic imine (C=N–C) groups is 1. The Bertz CT molecular complexity index is 707. The average molecular weight is 443 g/mol. The fourth-order valence-electron chi connectivity index (χ4n) is 2.87. The standard InChI is InChI=1S/C17H22FN5.HI/c1-13-20-7-10-23(13)16-6-5-14(11-15(16)18)12-21-17(19)22-8-3-2-4-9-22;/h5-7,10-11H,2-4,8-9,12H2,1H3,(H2,19,21);1H. The van der Waals surface area contributed by atoms with Crippen LogP contribution in [-0.2, 0) is 6.54 Å². The van der Waals surface area contributed by atoms with Crippen molar-refractivity contribution in [3.8, 4) is 5.69 Å². The van der Waals surface area contributed by atoms with Gasteiger partial charge >= 0.3 is 0 Å². The fourth-order valence-corrected chi connectivity index (χ4v) is 2.87. The maximum absolute atomic E-state index is 14.3. The van der Waals surface area contributed by atoms with Gasteiger partial charge in [-0.25, -0.2) is 14.4 Å². The van der Waals surface area contributed by atoms with Crippen molar-refractivity contribution in [2.24, 2.45) is 10.7 Å². The lowest BCUT2D eigenvalue weighted by Crippen LogP contribution is -2.40. The van der Waals surface area contributed by atoms with Crippen molar-refractivity contribution in [2.45, 2.75) is 32.7 Å². The minimum atomic E-state index is -0.282. The van der Waals surface area contributed by atoms with Crippen LogP contribution in [0, 0.1) is 12.7 Å². The first-order valence-electron chi connectivity index (χ1n) is 7.99. The number of hydrogen-bond acceptors (Lipinski definition) is 2. The van der Waals surface area contributed by atoms with Crippen molar-refractivity contribution >= 4 is 29.9 Å². The molecule has 0 spiro atoms. The van der Waals surface area contributed by atoms with E-state index < -0.39 is 0 Å². The van der Waals surface area contributed by atoms with Crippen LogP contribution in [0.1, 0.15) is 30.7 Å². The molecule has 3 rings (SSSR count). The third kappa shape index (κ3) is 4.25.